The summed E-state index contributed by atoms with van der Waals surface area (Å²) in [6.07, 6.45) is 4.67. The topological polar surface area (TPSA) is 81.5 Å². The van der Waals surface area contributed by atoms with E-state index >= 15 is 0 Å². The molecule has 0 aliphatic heterocycles. The maximum absolute atomic E-state index is 9.98. The van der Waals surface area contributed by atoms with Crippen molar-refractivity contribution in [2.45, 2.75) is 32.7 Å². The molecule has 0 saturated heterocycles. The first-order valence-corrected chi connectivity index (χ1v) is 9.70. The van der Waals surface area contributed by atoms with Gasteiger partial charge in [0.25, 0.3) is 0 Å². The van der Waals surface area contributed by atoms with Gasteiger partial charge in [-0.3, -0.25) is 0 Å². The third-order valence-electron chi connectivity index (χ3n) is 4.84. The Kier molecular flexibility index (Phi) is 6.26. The molecule has 0 saturated carbocycles. The third-order valence-corrected chi connectivity index (χ3v) is 4.84. The van der Waals surface area contributed by atoms with Crippen LogP contribution in [0.15, 0.2) is 42.6 Å². The van der Waals surface area contributed by atoms with Crippen molar-refractivity contribution in [1.82, 2.24) is 15.0 Å². The Morgan fingerprint density at radius 3 is 2.48 bits per heavy atom. The molecule has 0 fully saturated rings. The third kappa shape index (κ3) is 4.28. The summed E-state index contributed by atoms with van der Waals surface area (Å²) in [6, 6.07) is 16.5. The van der Waals surface area contributed by atoms with Crippen molar-refractivity contribution in [3.63, 3.8) is 0 Å². The summed E-state index contributed by atoms with van der Waals surface area (Å²) < 4.78 is 1.78. The molecule has 0 spiro atoms. The van der Waals surface area contributed by atoms with E-state index in [9.17, 15) is 10.5 Å². The average molecular weight is 384 g/mol. The Hall–Kier alpha value is -3.64. The first-order chi connectivity index (χ1) is 14.1. The van der Waals surface area contributed by atoms with E-state index in [2.05, 4.69) is 29.4 Å². The fourth-order valence-corrected chi connectivity index (χ4v) is 3.50. The van der Waals surface area contributed by atoms with Crippen LogP contribution in [0.4, 0.5) is 5.69 Å². The lowest BCUT2D eigenvalue weighted by molar-refractivity contribution is 0.650. The Morgan fingerprint density at radius 1 is 1.10 bits per heavy atom. The Morgan fingerprint density at radius 2 is 1.86 bits per heavy atom. The van der Waals surface area contributed by atoms with Gasteiger partial charge in [0.05, 0.1) is 29.6 Å². The highest BCUT2D eigenvalue weighted by atomic mass is 15.4. The lowest BCUT2D eigenvalue weighted by atomic mass is 9.91. The molecule has 3 rings (SSSR count). The number of benzene rings is 2. The fraction of sp³-hybridized carbons (Fsp3) is 0.304. The van der Waals surface area contributed by atoms with E-state index in [4.69, 9.17) is 0 Å². The Balaban J connectivity index is 2.13. The number of anilines is 1. The second-order valence-corrected chi connectivity index (χ2v) is 7.19. The zero-order valence-electron chi connectivity index (χ0n) is 17.1. The zero-order valence-corrected chi connectivity index (χ0v) is 17.1. The summed E-state index contributed by atoms with van der Waals surface area (Å²) in [5, 5.41) is 28.3. The SMILES string of the molecule is CCCCc1cc(C#N)c(N(C)C)c(C#N)c1-c1cn(Cc2ccccc2)nn1. The van der Waals surface area contributed by atoms with Crippen molar-refractivity contribution in [3.05, 3.63) is 64.8 Å². The Bertz CT molecular complexity index is 1070. The molecule has 0 N–H and O–H groups in total. The molecule has 6 nitrogen and oxygen atoms in total. The van der Waals surface area contributed by atoms with E-state index in [1.807, 2.05) is 61.6 Å². The van der Waals surface area contributed by atoms with Gasteiger partial charge < -0.3 is 4.90 Å². The monoisotopic (exact) mass is 384 g/mol. The molecule has 146 valence electrons. The number of nitrogens with zero attached hydrogens (tertiary/aromatic N) is 6. The Labute approximate surface area is 171 Å². The molecular weight excluding hydrogens is 360 g/mol. The number of nitriles is 2. The molecule has 29 heavy (non-hydrogen) atoms. The van der Waals surface area contributed by atoms with Crippen molar-refractivity contribution in [3.8, 4) is 23.4 Å². The van der Waals surface area contributed by atoms with Gasteiger partial charge in [0.1, 0.15) is 17.8 Å². The highest BCUT2D eigenvalue weighted by Gasteiger charge is 2.22. The maximum Gasteiger partial charge on any atom is 0.114 e. The number of aromatic nitrogens is 3. The molecule has 3 aromatic rings. The van der Waals surface area contributed by atoms with E-state index in [0.29, 0.717) is 29.1 Å². The number of rotatable bonds is 7. The highest BCUT2D eigenvalue weighted by Crippen LogP contribution is 2.36. The second kappa shape index (κ2) is 9.03. The van der Waals surface area contributed by atoms with Gasteiger partial charge in [-0.1, -0.05) is 48.9 Å². The zero-order chi connectivity index (χ0) is 20.8. The van der Waals surface area contributed by atoms with Crippen LogP contribution in [-0.2, 0) is 13.0 Å². The molecule has 0 radical (unpaired) electrons. The van der Waals surface area contributed by atoms with Crippen LogP contribution in [-0.4, -0.2) is 29.1 Å². The minimum Gasteiger partial charge on any atom is -0.376 e. The molecular formula is C23H24N6. The number of aryl methyl sites for hydroxylation is 1. The van der Waals surface area contributed by atoms with Gasteiger partial charge in [-0.15, -0.1) is 5.10 Å². The van der Waals surface area contributed by atoms with E-state index in [0.717, 1.165) is 36.0 Å². The summed E-state index contributed by atoms with van der Waals surface area (Å²) in [5.74, 6) is 0. The van der Waals surface area contributed by atoms with Gasteiger partial charge in [0.15, 0.2) is 0 Å². The van der Waals surface area contributed by atoms with Gasteiger partial charge in [0.2, 0.25) is 0 Å². The van der Waals surface area contributed by atoms with Crippen LogP contribution in [0.1, 0.15) is 42.0 Å². The molecule has 0 amide bonds. The summed E-state index contributed by atoms with van der Waals surface area (Å²) in [4.78, 5) is 1.82. The molecule has 1 heterocycles. The van der Waals surface area contributed by atoms with Crippen molar-refractivity contribution >= 4 is 5.69 Å². The van der Waals surface area contributed by atoms with Crippen LogP contribution < -0.4 is 4.90 Å². The van der Waals surface area contributed by atoms with Crippen LogP contribution in [0.2, 0.25) is 0 Å². The molecule has 0 bridgehead atoms. The average Bonchev–Trinajstić information content (AvgIpc) is 3.19. The van der Waals surface area contributed by atoms with E-state index in [1.54, 1.807) is 4.68 Å². The van der Waals surface area contributed by atoms with E-state index in [1.165, 1.54) is 0 Å². The predicted molar refractivity (Wildman–Crippen MR) is 113 cm³/mol. The molecule has 0 unspecified atom stereocenters. The maximum atomic E-state index is 9.98. The number of hydrogen-bond acceptors (Lipinski definition) is 5. The van der Waals surface area contributed by atoms with Gasteiger partial charge >= 0.3 is 0 Å². The lowest BCUT2D eigenvalue weighted by Gasteiger charge is -2.20. The van der Waals surface area contributed by atoms with E-state index in [-0.39, 0.29) is 0 Å². The predicted octanol–water partition coefficient (Wildman–Crippen LogP) is 4.15. The molecule has 2 aromatic carbocycles. The second-order valence-electron chi connectivity index (χ2n) is 7.19. The van der Waals surface area contributed by atoms with Crippen LogP contribution >= 0.6 is 0 Å². The molecule has 0 atom stereocenters. The quantitative estimate of drug-likeness (QED) is 0.611. The normalized spacial score (nSPS) is 10.4. The standard InChI is InChI=1S/C23H24N6/c1-4-5-11-18-12-19(13-24)23(28(2)3)20(14-25)22(18)21-16-29(27-26-21)15-17-9-7-6-8-10-17/h6-10,12,16H,4-5,11,15H2,1-3H3. The minimum atomic E-state index is 0.479. The van der Waals surface area contributed by atoms with Gasteiger partial charge in [0, 0.05) is 19.7 Å². The molecule has 0 aliphatic carbocycles. The minimum absolute atomic E-state index is 0.479. The van der Waals surface area contributed by atoms with Crippen LogP contribution in [0.5, 0.6) is 0 Å². The van der Waals surface area contributed by atoms with E-state index < -0.39 is 0 Å². The van der Waals surface area contributed by atoms with Crippen molar-refractivity contribution in [2.24, 2.45) is 0 Å². The lowest BCUT2D eigenvalue weighted by Crippen LogP contribution is -2.14. The van der Waals surface area contributed by atoms with Crippen LogP contribution in [0, 0.1) is 22.7 Å². The van der Waals surface area contributed by atoms with Crippen LogP contribution in [0.25, 0.3) is 11.3 Å². The van der Waals surface area contributed by atoms with Gasteiger partial charge in [-0.25, -0.2) is 4.68 Å². The highest BCUT2D eigenvalue weighted by molar-refractivity contribution is 5.82. The summed E-state index contributed by atoms with van der Waals surface area (Å²) in [6.45, 7) is 2.73. The first-order valence-electron chi connectivity index (χ1n) is 9.70. The smallest absolute Gasteiger partial charge is 0.114 e. The van der Waals surface area contributed by atoms with Gasteiger partial charge in [-0.2, -0.15) is 10.5 Å². The molecule has 1 aromatic heterocycles. The van der Waals surface area contributed by atoms with Crippen molar-refractivity contribution in [1.29, 1.82) is 10.5 Å². The molecule has 6 heteroatoms. The fourth-order valence-electron chi connectivity index (χ4n) is 3.50. The van der Waals surface area contributed by atoms with Gasteiger partial charge in [-0.05, 0) is 30.0 Å². The first kappa shape index (κ1) is 20.1. The number of hydrogen-bond donors (Lipinski definition) is 0. The summed E-state index contributed by atoms with van der Waals surface area (Å²) >= 11 is 0. The largest absolute Gasteiger partial charge is 0.376 e. The van der Waals surface area contributed by atoms with Crippen molar-refractivity contribution in [2.75, 3.05) is 19.0 Å². The van der Waals surface area contributed by atoms with Crippen molar-refractivity contribution < 1.29 is 0 Å². The summed E-state index contributed by atoms with van der Waals surface area (Å²) in [7, 11) is 3.69. The van der Waals surface area contributed by atoms with Crippen LogP contribution in [0.3, 0.4) is 0 Å². The molecule has 0 aliphatic rings. The number of unbranched alkanes of at least 4 members (excludes halogenated alkanes) is 1. The summed E-state index contributed by atoms with van der Waals surface area (Å²) in [5.41, 5.74) is 5.16.